The van der Waals surface area contributed by atoms with Gasteiger partial charge in [0.05, 0.1) is 0 Å². The van der Waals surface area contributed by atoms with Crippen molar-refractivity contribution in [2.24, 2.45) is 11.8 Å². The lowest BCUT2D eigenvalue weighted by Crippen LogP contribution is -2.42. The van der Waals surface area contributed by atoms with Crippen molar-refractivity contribution < 1.29 is 10.2 Å². The molecule has 2 N–H and O–H groups in total. The number of aromatic hydroxyl groups is 2. The second kappa shape index (κ2) is 5.28. The molecule has 0 spiro atoms. The highest BCUT2D eigenvalue weighted by atomic mass is 16.3. The third-order valence-corrected chi connectivity index (χ3v) is 4.85. The van der Waals surface area contributed by atoms with Crippen LogP contribution in [0.3, 0.4) is 0 Å². The average Bonchev–Trinajstić information content (AvgIpc) is 2.39. The Hall–Kier alpha value is -1.22. The van der Waals surface area contributed by atoms with E-state index in [-0.39, 0.29) is 11.5 Å². The number of phenolic OH excluding ortho intramolecular Hbond substituents is 2. The fourth-order valence-electron chi connectivity index (χ4n) is 4.01. The first-order chi connectivity index (χ1) is 9.54. The van der Waals surface area contributed by atoms with Gasteiger partial charge in [-0.3, -0.25) is 4.90 Å². The topological polar surface area (TPSA) is 43.7 Å². The molecule has 3 nitrogen and oxygen atoms in total. The summed E-state index contributed by atoms with van der Waals surface area (Å²) in [6.07, 6.45) is 4.75. The van der Waals surface area contributed by atoms with Gasteiger partial charge in [-0.05, 0) is 60.8 Å². The van der Waals surface area contributed by atoms with Crippen molar-refractivity contribution in [2.75, 3.05) is 13.1 Å². The predicted octanol–water partition coefficient (Wildman–Crippen LogP) is 3.45. The molecule has 2 unspecified atom stereocenters. The smallest absolute Gasteiger partial charge is 0.157 e. The fraction of sp³-hybridized carbons (Fsp3) is 0.647. The molecular weight excluding hydrogens is 250 g/mol. The Morgan fingerprint density at radius 2 is 1.95 bits per heavy atom. The molecule has 3 rings (SSSR count). The highest BCUT2D eigenvalue weighted by Gasteiger charge is 2.33. The van der Waals surface area contributed by atoms with Crippen molar-refractivity contribution in [3.8, 4) is 11.5 Å². The maximum absolute atomic E-state index is 9.77. The molecule has 2 atom stereocenters. The lowest BCUT2D eigenvalue weighted by atomic mass is 9.81. The SMILES string of the molecule is CC(C)CC1CCC2c3cc(O)c(O)cc3CCN2C1. The van der Waals surface area contributed by atoms with Gasteiger partial charge in [-0.2, -0.15) is 0 Å². The van der Waals surface area contributed by atoms with Crippen LogP contribution in [0.1, 0.15) is 50.3 Å². The highest BCUT2D eigenvalue weighted by molar-refractivity contribution is 5.47. The third kappa shape index (κ3) is 2.51. The second-order valence-corrected chi connectivity index (χ2v) is 6.87. The standard InChI is InChI=1S/C17H25NO2/c1-11(2)7-12-3-4-15-14-9-17(20)16(19)8-13(14)5-6-18(15)10-12/h8-9,11-12,15,19-20H,3-7,10H2,1-2H3. The minimum absolute atomic E-state index is 0.0192. The van der Waals surface area contributed by atoms with Crippen molar-refractivity contribution in [3.05, 3.63) is 23.3 Å². The first-order valence-electron chi connectivity index (χ1n) is 7.83. The Morgan fingerprint density at radius 1 is 1.20 bits per heavy atom. The zero-order valence-corrected chi connectivity index (χ0v) is 12.5. The molecular formula is C17H25NO2. The van der Waals surface area contributed by atoms with Crippen LogP contribution in [0, 0.1) is 11.8 Å². The number of benzene rings is 1. The van der Waals surface area contributed by atoms with Crippen LogP contribution in [0.4, 0.5) is 0 Å². The Balaban J connectivity index is 1.80. The summed E-state index contributed by atoms with van der Waals surface area (Å²) in [4.78, 5) is 2.58. The van der Waals surface area contributed by atoms with Gasteiger partial charge in [0, 0.05) is 19.1 Å². The molecule has 110 valence electrons. The molecule has 0 aromatic heterocycles. The summed E-state index contributed by atoms with van der Waals surface area (Å²) < 4.78 is 0. The van der Waals surface area contributed by atoms with E-state index in [2.05, 4.69) is 18.7 Å². The third-order valence-electron chi connectivity index (χ3n) is 4.85. The maximum Gasteiger partial charge on any atom is 0.157 e. The van der Waals surface area contributed by atoms with Crippen LogP contribution in [-0.2, 0) is 6.42 Å². The normalized spacial score (nSPS) is 26.4. The van der Waals surface area contributed by atoms with Crippen molar-refractivity contribution >= 4 is 0 Å². The zero-order valence-electron chi connectivity index (χ0n) is 12.5. The molecule has 0 saturated carbocycles. The minimum Gasteiger partial charge on any atom is -0.504 e. The maximum atomic E-state index is 9.77. The van der Waals surface area contributed by atoms with Gasteiger partial charge in [-0.1, -0.05) is 13.8 Å². The van der Waals surface area contributed by atoms with E-state index in [0.29, 0.717) is 6.04 Å². The molecule has 2 aliphatic heterocycles. The molecule has 2 heterocycles. The van der Waals surface area contributed by atoms with E-state index in [1.165, 1.54) is 36.9 Å². The summed E-state index contributed by atoms with van der Waals surface area (Å²) in [6, 6.07) is 3.97. The van der Waals surface area contributed by atoms with Gasteiger partial charge in [-0.25, -0.2) is 0 Å². The zero-order chi connectivity index (χ0) is 14.3. The van der Waals surface area contributed by atoms with Crippen LogP contribution in [0.2, 0.25) is 0 Å². The van der Waals surface area contributed by atoms with Crippen LogP contribution in [-0.4, -0.2) is 28.2 Å². The Kier molecular flexibility index (Phi) is 3.63. The van der Waals surface area contributed by atoms with Crippen LogP contribution in [0.5, 0.6) is 11.5 Å². The van der Waals surface area contributed by atoms with E-state index < -0.39 is 0 Å². The van der Waals surface area contributed by atoms with E-state index in [1.54, 1.807) is 12.1 Å². The average molecular weight is 275 g/mol. The number of rotatable bonds is 2. The predicted molar refractivity (Wildman–Crippen MR) is 80.0 cm³/mol. The van der Waals surface area contributed by atoms with Gasteiger partial charge in [0.2, 0.25) is 0 Å². The first-order valence-corrected chi connectivity index (χ1v) is 7.83. The van der Waals surface area contributed by atoms with Crippen LogP contribution < -0.4 is 0 Å². The molecule has 0 radical (unpaired) electrons. The molecule has 0 bridgehead atoms. The van der Waals surface area contributed by atoms with E-state index in [1.807, 2.05) is 0 Å². The molecule has 1 aromatic carbocycles. The molecule has 1 fully saturated rings. The summed E-state index contributed by atoms with van der Waals surface area (Å²) in [7, 11) is 0. The summed E-state index contributed by atoms with van der Waals surface area (Å²) in [5.74, 6) is 1.63. The quantitative estimate of drug-likeness (QED) is 0.812. The molecule has 0 aliphatic carbocycles. The van der Waals surface area contributed by atoms with Gasteiger partial charge < -0.3 is 10.2 Å². The van der Waals surface area contributed by atoms with E-state index in [0.717, 1.165) is 24.8 Å². The Morgan fingerprint density at radius 3 is 2.70 bits per heavy atom. The molecule has 3 heteroatoms. The Bertz CT molecular complexity index is 498. The first kappa shape index (κ1) is 13.7. The molecule has 20 heavy (non-hydrogen) atoms. The molecule has 1 aromatic rings. The second-order valence-electron chi connectivity index (χ2n) is 6.87. The van der Waals surface area contributed by atoms with Crippen molar-refractivity contribution in [2.45, 2.75) is 45.6 Å². The van der Waals surface area contributed by atoms with Gasteiger partial charge in [0.1, 0.15) is 0 Å². The largest absolute Gasteiger partial charge is 0.504 e. The Labute approximate surface area is 121 Å². The van der Waals surface area contributed by atoms with Crippen molar-refractivity contribution in [1.82, 2.24) is 4.90 Å². The molecule has 2 aliphatic rings. The fourth-order valence-corrected chi connectivity index (χ4v) is 4.01. The van der Waals surface area contributed by atoms with E-state index in [4.69, 9.17) is 0 Å². The van der Waals surface area contributed by atoms with Gasteiger partial charge in [0.15, 0.2) is 11.5 Å². The summed E-state index contributed by atoms with van der Waals surface area (Å²) in [5.41, 5.74) is 2.44. The molecule has 1 saturated heterocycles. The number of hydrogen-bond acceptors (Lipinski definition) is 3. The number of piperidine rings is 1. The van der Waals surface area contributed by atoms with Gasteiger partial charge in [0.25, 0.3) is 0 Å². The summed E-state index contributed by atoms with van der Waals surface area (Å²) in [6.45, 7) is 6.87. The lowest BCUT2D eigenvalue weighted by molar-refractivity contribution is 0.0894. The van der Waals surface area contributed by atoms with E-state index in [9.17, 15) is 10.2 Å². The number of hydrogen-bond donors (Lipinski definition) is 2. The van der Waals surface area contributed by atoms with Gasteiger partial charge in [-0.15, -0.1) is 0 Å². The van der Waals surface area contributed by atoms with Crippen molar-refractivity contribution in [3.63, 3.8) is 0 Å². The number of phenols is 2. The lowest BCUT2D eigenvalue weighted by Gasteiger charge is -2.44. The van der Waals surface area contributed by atoms with Gasteiger partial charge >= 0.3 is 0 Å². The minimum atomic E-state index is 0.0192. The van der Waals surface area contributed by atoms with Crippen LogP contribution in [0.25, 0.3) is 0 Å². The molecule has 0 amide bonds. The number of nitrogens with zero attached hydrogens (tertiary/aromatic N) is 1. The number of fused-ring (bicyclic) bond motifs is 3. The van der Waals surface area contributed by atoms with E-state index >= 15 is 0 Å². The van der Waals surface area contributed by atoms with Crippen LogP contribution >= 0.6 is 0 Å². The van der Waals surface area contributed by atoms with Crippen molar-refractivity contribution in [1.29, 1.82) is 0 Å². The highest BCUT2D eigenvalue weighted by Crippen LogP contribution is 2.42. The van der Waals surface area contributed by atoms with Crippen LogP contribution in [0.15, 0.2) is 12.1 Å². The summed E-state index contributed by atoms with van der Waals surface area (Å²) >= 11 is 0. The monoisotopic (exact) mass is 275 g/mol. The summed E-state index contributed by atoms with van der Waals surface area (Å²) in [5, 5.41) is 19.4.